The third-order valence-corrected chi connectivity index (χ3v) is 4.10. The van der Waals surface area contributed by atoms with E-state index in [1.165, 1.54) is 25.3 Å². The van der Waals surface area contributed by atoms with Crippen molar-refractivity contribution in [3.63, 3.8) is 0 Å². The third-order valence-electron chi connectivity index (χ3n) is 4.10. The lowest BCUT2D eigenvalue weighted by molar-refractivity contribution is -0.385. The highest BCUT2D eigenvalue weighted by molar-refractivity contribution is 5.91. The summed E-state index contributed by atoms with van der Waals surface area (Å²) in [7, 11) is 1.41. The third kappa shape index (κ3) is 5.71. The van der Waals surface area contributed by atoms with Crippen LogP contribution in [0.4, 0.5) is 11.4 Å². The van der Waals surface area contributed by atoms with Gasteiger partial charge in [0.05, 0.1) is 18.1 Å². The second-order valence-electron chi connectivity index (χ2n) is 6.23. The van der Waals surface area contributed by atoms with Gasteiger partial charge in [-0.2, -0.15) is 0 Å². The second-order valence-corrected chi connectivity index (χ2v) is 6.23. The summed E-state index contributed by atoms with van der Waals surface area (Å²) in [6, 6.07) is 20.7. The van der Waals surface area contributed by atoms with Crippen LogP contribution in [0, 0.1) is 10.1 Å². The number of anilines is 1. The van der Waals surface area contributed by atoms with Crippen molar-refractivity contribution in [2.75, 3.05) is 19.0 Å². The zero-order chi connectivity index (χ0) is 21.3. The molecule has 0 unspecified atom stereocenters. The molecule has 154 valence electrons. The number of carbonyl (C=O) groups is 1. The Morgan fingerprint density at radius 3 is 2.37 bits per heavy atom. The Balaban J connectivity index is 1.52. The summed E-state index contributed by atoms with van der Waals surface area (Å²) < 4.78 is 16.2. The first-order valence-corrected chi connectivity index (χ1v) is 9.07. The molecule has 3 aromatic carbocycles. The fourth-order valence-corrected chi connectivity index (χ4v) is 2.61. The Bertz CT molecular complexity index is 1010. The summed E-state index contributed by atoms with van der Waals surface area (Å²) in [5.41, 5.74) is 1.47. The number of nitrogens with one attached hydrogen (secondary N) is 1. The lowest BCUT2D eigenvalue weighted by Crippen LogP contribution is -2.20. The van der Waals surface area contributed by atoms with Gasteiger partial charge in [-0.25, -0.2) is 0 Å². The van der Waals surface area contributed by atoms with Gasteiger partial charge in [-0.15, -0.1) is 0 Å². The number of nitro groups is 1. The van der Waals surface area contributed by atoms with Crippen molar-refractivity contribution in [1.82, 2.24) is 0 Å². The largest absolute Gasteiger partial charge is 0.493 e. The number of rotatable bonds is 9. The number of carbonyl (C=O) groups excluding carboxylic acids is 1. The van der Waals surface area contributed by atoms with E-state index in [0.717, 1.165) is 5.56 Å². The molecule has 0 bridgehead atoms. The van der Waals surface area contributed by atoms with Gasteiger partial charge >= 0.3 is 0 Å². The van der Waals surface area contributed by atoms with E-state index < -0.39 is 10.8 Å². The Labute approximate surface area is 173 Å². The van der Waals surface area contributed by atoms with Crippen LogP contribution < -0.4 is 19.5 Å². The first-order chi connectivity index (χ1) is 14.5. The van der Waals surface area contributed by atoms with E-state index in [-0.39, 0.29) is 18.0 Å². The molecule has 0 saturated carbocycles. The first-order valence-electron chi connectivity index (χ1n) is 9.07. The van der Waals surface area contributed by atoms with Gasteiger partial charge in [0, 0.05) is 11.8 Å². The molecule has 8 heteroatoms. The molecule has 0 aliphatic carbocycles. The highest BCUT2D eigenvalue weighted by Gasteiger charge is 2.14. The van der Waals surface area contributed by atoms with Crippen molar-refractivity contribution >= 4 is 17.3 Å². The number of methoxy groups -OCH3 is 1. The number of ether oxygens (including phenoxy) is 3. The Hall–Kier alpha value is -4.07. The quantitative estimate of drug-likeness (QED) is 0.421. The normalized spacial score (nSPS) is 10.2. The van der Waals surface area contributed by atoms with E-state index in [9.17, 15) is 14.9 Å². The number of nitro benzene ring substituents is 1. The fourth-order valence-electron chi connectivity index (χ4n) is 2.61. The molecule has 0 aromatic heterocycles. The zero-order valence-corrected chi connectivity index (χ0v) is 16.2. The molecule has 0 spiro atoms. The Morgan fingerprint density at radius 1 is 0.967 bits per heavy atom. The minimum absolute atomic E-state index is 0.117. The number of amides is 1. The van der Waals surface area contributed by atoms with Gasteiger partial charge in [0.1, 0.15) is 12.4 Å². The van der Waals surface area contributed by atoms with Crippen LogP contribution in [-0.2, 0) is 11.4 Å². The van der Waals surface area contributed by atoms with E-state index in [4.69, 9.17) is 14.2 Å². The Morgan fingerprint density at radius 2 is 1.70 bits per heavy atom. The summed E-state index contributed by atoms with van der Waals surface area (Å²) >= 11 is 0. The molecule has 0 fully saturated rings. The highest BCUT2D eigenvalue weighted by Crippen LogP contribution is 2.31. The maximum Gasteiger partial charge on any atom is 0.273 e. The van der Waals surface area contributed by atoms with Crippen LogP contribution in [0.1, 0.15) is 5.56 Å². The molecule has 0 radical (unpaired) electrons. The van der Waals surface area contributed by atoms with Crippen molar-refractivity contribution in [3.05, 3.63) is 88.5 Å². The molecule has 30 heavy (non-hydrogen) atoms. The summed E-state index contributed by atoms with van der Waals surface area (Å²) in [6.07, 6.45) is 0. The minimum Gasteiger partial charge on any atom is -0.493 e. The van der Waals surface area contributed by atoms with Gasteiger partial charge in [0.25, 0.3) is 11.6 Å². The SMILES string of the molecule is COc1ccc([N+](=O)[O-])cc1OCC(=O)Nc1ccc(OCc2ccccc2)cc1. The number of hydrogen-bond acceptors (Lipinski definition) is 6. The maximum atomic E-state index is 12.2. The van der Waals surface area contributed by atoms with Crippen molar-refractivity contribution in [2.45, 2.75) is 6.61 Å². The lowest BCUT2D eigenvalue weighted by Gasteiger charge is -2.11. The average molecular weight is 408 g/mol. The summed E-state index contributed by atoms with van der Waals surface area (Å²) in [5, 5.41) is 13.6. The number of nitrogens with zero attached hydrogens (tertiary/aromatic N) is 1. The fraction of sp³-hybridized carbons (Fsp3) is 0.136. The van der Waals surface area contributed by atoms with E-state index >= 15 is 0 Å². The van der Waals surface area contributed by atoms with E-state index in [0.29, 0.717) is 23.8 Å². The van der Waals surface area contributed by atoms with Crippen LogP contribution in [0.15, 0.2) is 72.8 Å². The van der Waals surface area contributed by atoms with E-state index in [1.54, 1.807) is 24.3 Å². The molecule has 0 aliphatic heterocycles. The maximum absolute atomic E-state index is 12.2. The predicted molar refractivity (Wildman–Crippen MR) is 111 cm³/mol. The van der Waals surface area contributed by atoms with Crippen LogP contribution in [0.3, 0.4) is 0 Å². The smallest absolute Gasteiger partial charge is 0.273 e. The Kier molecular flexibility index (Phi) is 6.83. The molecule has 0 heterocycles. The minimum atomic E-state index is -0.548. The predicted octanol–water partition coefficient (Wildman–Crippen LogP) is 4.20. The van der Waals surface area contributed by atoms with Crippen LogP contribution in [0.2, 0.25) is 0 Å². The summed E-state index contributed by atoms with van der Waals surface area (Å²) in [6.45, 7) is 0.120. The van der Waals surface area contributed by atoms with Gasteiger partial charge in [-0.05, 0) is 35.9 Å². The molecule has 0 aliphatic rings. The molecule has 1 N–H and O–H groups in total. The van der Waals surface area contributed by atoms with Gasteiger partial charge in [0.15, 0.2) is 18.1 Å². The van der Waals surface area contributed by atoms with Gasteiger partial charge in [0.2, 0.25) is 0 Å². The van der Waals surface area contributed by atoms with Crippen LogP contribution in [0.5, 0.6) is 17.2 Å². The monoisotopic (exact) mass is 408 g/mol. The van der Waals surface area contributed by atoms with E-state index in [2.05, 4.69) is 5.32 Å². The standard InChI is InChI=1S/C22H20N2O6/c1-28-20-12-9-18(24(26)27)13-21(20)30-15-22(25)23-17-7-10-19(11-8-17)29-14-16-5-3-2-4-6-16/h2-13H,14-15H2,1H3,(H,23,25). The molecular weight excluding hydrogens is 388 g/mol. The van der Waals surface area contributed by atoms with Crippen LogP contribution >= 0.6 is 0 Å². The van der Waals surface area contributed by atoms with Crippen LogP contribution in [0.25, 0.3) is 0 Å². The van der Waals surface area contributed by atoms with Gasteiger partial charge < -0.3 is 19.5 Å². The zero-order valence-electron chi connectivity index (χ0n) is 16.2. The molecule has 3 aromatic rings. The second kappa shape index (κ2) is 9.92. The van der Waals surface area contributed by atoms with Crippen LogP contribution in [-0.4, -0.2) is 24.5 Å². The summed E-state index contributed by atoms with van der Waals surface area (Å²) in [5.74, 6) is 0.677. The highest BCUT2D eigenvalue weighted by atomic mass is 16.6. The first kappa shape index (κ1) is 20.7. The van der Waals surface area contributed by atoms with Gasteiger partial charge in [-0.3, -0.25) is 14.9 Å². The molecule has 3 rings (SSSR count). The topological polar surface area (TPSA) is 99.9 Å². The molecule has 8 nitrogen and oxygen atoms in total. The number of hydrogen-bond donors (Lipinski definition) is 1. The van der Waals surface area contributed by atoms with Crippen molar-refractivity contribution in [2.24, 2.45) is 0 Å². The summed E-state index contributed by atoms with van der Waals surface area (Å²) in [4.78, 5) is 22.5. The molecular formula is C22H20N2O6. The van der Waals surface area contributed by atoms with Crippen molar-refractivity contribution in [3.8, 4) is 17.2 Å². The molecule has 0 atom stereocenters. The molecule has 0 saturated heterocycles. The number of benzene rings is 3. The lowest BCUT2D eigenvalue weighted by atomic mass is 10.2. The van der Waals surface area contributed by atoms with Crippen molar-refractivity contribution < 1.29 is 23.9 Å². The van der Waals surface area contributed by atoms with Crippen molar-refractivity contribution in [1.29, 1.82) is 0 Å². The molecule has 1 amide bonds. The average Bonchev–Trinajstić information content (AvgIpc) is 2.77. The van der Waals surface area contributed by atoms with E-state index in [1.807, 2.05) is 30.3 Å². The number of non-ortho nitro benzene ring substituents is 1. The van der Waals surface area contributed by atoms with Gasteiger partial charge in [-0.1, -0.05) is 30.3 Å².